The standard InChI is InChI=1S/C12H11NO3.Ca/c1-8(14)11-10(15)7-13(12(11)16)9-5-3-2-4-6-9;/h2-6,11H,7H2,1H3;. The SMILES string of the molecule is CC(=O)C1C(=O)CN(c2ccccc2)C1=O.[Ca]. The number of nitrogens with zero attached hydrogens (tertiary/aromatic N) is 1. The van der Waals surface area contributed by atoms with Gasteiger partial charge in [-0.2, -0.15) is 0 Å². The first kappa shape index (κ1) is 14.4. The Morgan fingerprint density at radius 1 is 1.24 bits per heavy atom. The first-order valence-corrected chi connectivity index (χ1v) is 5.01. The van der Waals surface area contributed by atoms with Crippen LogP contribution in [-0.2, 0) is 14.4 Å². The van der Waals surface area contributed by atoms with E-state index in [-0.39, 0.29) is 55.8 Å². The molecule has 1 heterocycles. The molecule has 2 rings (SSSR count). The summed E-state index contributed by atoms with van der Waals surface area (Å²) in [6.45, 7) is 1.27. The Morgan fingerprint density at radius 3 is 2.29 bits per heavy atom. The first-order valence-electron chi connectivity index (χ1n) is 5.01. The van der Waals surface area contributed by atoms with Crippen molar-refractivity contribution in [2.24, 2.45) is 5.92 Å². The minimum atomic E-state index is -1.10. The van der Waals surface area contributed by atoms with Crippen LogP contribution in [0, 0.1) is 5.92 Å². The molecule has 1 saturated heterocycles. The second-order valence-electron chi connectivity index (χ2n) is 3.77. The van der Waals surface area contributed by atoms with Gasteiger partial charge in [0.2, 0.25) is 5.91 Å². The quantitative estimate of drug-likeness (QED) is 0.570. The molecule has 0 N–H and O–H groups in total. The Balaban J connectivity index is 0.00000144. The number of para-hydroxylation sites is 1. The van der Waals surface area contributed by atoms with Gasteiger partial charge in [-0.15, -0.1) is 0 Å². The summed E-state index contributed by atoms with van der Waals surface area (Å²) in [6, 6.07) is 8.89. The van der Waals surface area contributed by atoms with Gasteiger partial charge >= 0.3 is 0 Å². The van der Waals surface area contributed by atoms with Crippen LogP contribution in [0.2, 0.25) is 0 Å². The van der Waals surface area contributed by atoms with Crippen molar-refractivity contribution >= 4 is 60.9 Å². The zero-order chi connectivity index (χ0) is 11.7. The van der Waals surface area contributed by atoms with E-state index in [1.807, 2.05) is 6.07 Å². The number of rotatable bonds is 2. The molecule has 1 aromatic rings. The summed E-state index contributed by atoms with van der Waals surface area (Å²) in [5.41, 5.74) is 0.657. The van der Waals surface area contributed by atoms with E-state index in [9.17, 15) is 14.4 Å². The van der Waals surface area contributed by atoms with Crippen molar-refractivity contribution in [2.45, 2.75) is 6.92 Å². The summed E-state index contributed by atoms with van der Waals surface area (Å²) in [5, 5.41) is 0. The average molecular weight is 257 g/mol. The summed E-state index contributed by atoms with van der Waals surface area (Å²) in [7, 11) is 0. The molecule has 1 unspecified atom stereocenters. The maximum Gasteiger partial charge on any atom is 0.245 e. The largest absolute Gasteiger partial charge is 0.304 e. The van der Waals surface area contributed by atoms with Crippen molar-refractivity contribution in [1.82, 2.24) is 0 Å². The van der Waals surface area contributed by atoms with Gasteiger partial charge in [-0.1, -0.05) is 18.2 Å². The molecule has 1 amide bonds. The second-order valence-corrected chi connectivity index (χ2v) is 3.77. The van der Waals surface area contributed by atoms with Crippen molar-refractivity contribution in [2.75, 3.05) is 11.4 Å². The number of ketones is 2. The van der Waals surface area contributed by atoms with Crippen molar-refractivity contribution in [3.05, 3.63) is 30.3 Å². The Kier molecular flexibility index (Phi) is 4.86. The molecule has 5 heteroatoms. The van der Waals surface area contributed by atoms with Crippen LogP contribution in [-0.4, -0.2) is 61.8 Å². The maximum atomic E-state index is 11.8. The average Bonchev–Trinajstić information content (AvgIpc) is 2.55. The Labute approximate surface area is 129 Å². The predicted octanol–water partition coefficient (Wildman–Crippen LogP) is 0.427. The van der Waals surface area contributed by atoms with Crippen LogP contribution in [0.1, 0.15) is 6.92 Å². The van der Waals surface area contributed by atoms with E-state index in [1.54, 1.807) is 24.3 Å². The summed E-state index contributed by atoms with van der Waals surface area (Å²) in [5.74, 6) is -2.21. The van der Waals surface area contributed by atoms with E-state index in [0.29, 0.717) is 5.69 Å². The Bertz CT molecular complexity index is 458. The van der Waals surface area contributed by atoms with E-state index >= 15 is 0 Å². The molecule has 2 radical (unpaired) electrons. The van der Waals surface area contributed by atoms with Crippen LogP contribution in [0.5, 0.6) is 0 Å². The van der Waals surface area contributed by atoms with E-state index in [4.69, 9.17) is 0 Å². The third-order valence-electron chi connectivity index (χ3n) is 2.62. The summed E-state index contributed by atoms with van der Waals surface area (Å²) in [6.07, 6.45) is 0. The normalized spacial score (nSPS) is 19.1. The van der Waals surface area contributed by atoms with Gasteiger partial charge < -0.3 is 4.90 Å². The monoisotopic (exact) mass is 257 g/mol. The van der Waals surface area contributed by atoms with E-state index in [0.717, 1.165) is 0 Å². The van der Waals surface area contributed by atoms with Gasteiger partial charge in [-0.3, -0.25) is 14.4 Å². The van der Waals surface area contributed by atoms with Gasteiger partial charge in [0, 0.05) is 43.4 Å². The van der Waals surface area contributed by atoms with Gasteiger partial charge in [-0.25, -0.2) is 0 Å². The molecule has 1 aromatic carbocycles. The van der Waals surface area contributed by atoms with Gasteiger partial charge in [0.05, 0.1) is 6.54 Å². The number of anilines is 1. The Hall–Kier alpha value is -0.710. The molecule has 1 fully saturated rings. The van der Waals surface area contributed by atoms with Crippen molar-refractivity contribution in [1.29, 1.82) is 0 Å². The summed E-state index contributed by atoms with van der Waals surface area (Å²) >= 11 is 0. The molecular weight excluding hydrogens is 246 g/mol. The third-order valence-corrected chi connectivity index (χ3v) is 2.62. The number of benzene rings is 1. The molecule has 0 aliphatic carbocycles. The second kappa shape index (κ2) is 5.76. The van der Waals surface area contributed by atoms with Gasteiger partial charge in [0.1, 0.15) is 5.78 Å². The van der Waals surface area contributed by atoms with Crippen LogP contribution < -0.4 is 4.90 Å². The van der Waals surface area contributed by atoms with Gasteiger partial charge in [0.25, 0.3) is 0 Å². The van der Waals surface area contributed by atoms with Gasteiger partial charge in [0.15, 0.2) is 11.7 Å². The fraction of sp³-hybridized carbons (Fsp3) is 0.250. The number of hydrogen-bond acceptors (Lipinski definition) is 3. The molecule has 0 spiro atoms. The van der Waals surface area contributed by atoms with Crippen LogP contribution in [0.25, 0.3) is 0 Å². The first-order chi connectivity index (χ1) is 7.61. The topological polar surface area (TPSA) is 54.5 Å². The van der Waals surface area contributed by atoms with E-state index in [1.165, 1.54) is 11.8 Å². The number of Topliss-reactive ketones (excluding diaryl/α,β-unsaturated/α-hetero) is 2. The molecule has 84 valence electrons. The molecule has 1 aliphatic heterocycles. The summed E-state index contributed by atoms with van der Waals surface area (Å²) < 4.78 is 0. The van der Waals surface area contributed by atoms with E-state index in [2.05, 4.69) is 0 Å². The molecular formula is C12H11CaNO3. The fourth-order valence-electron chi connectivity index (χ4n) is 1.85. The van der Waals surface area contributed by atoms with E-state index < -0.39 is 11.8 Å². The van der Waals surface area contributed by atoms with Crippen LogP contribution in [0.4, 0.5) is 5.69 Å². The fourth-order valence-corrected chi connectivity index (χ4v) is 1.85. The number of carbonyl (C=O) groups excluding carboxylic acids is 3. The zero-order valence-corrected chi connectivity index (χ0v) is 11.8. The molecule has 4 nitrogen and oxygen atoms in total. The third kappa shape index (κ3) is 2.76. The Morgan fingerprint density at radius 2 is 1.82 bits per heavy atom. The molecule has 0 aromatic heterocycles. The van der Waals surface area contributed by atoms with Crippen molar-refractivity contribution in [3.63, 3.8) is 0 Å². The molecule has 0 bridgehead atoms. The zero-order valence-electron chi connectivity index (χ0n) is 9.55. The summed E-state index contributed by atoms with van der Waals surface area (Å²) in [4.78, 5) is 35.9. The van der Waals surface area contributed by atoms with Crippen LogP contribution >= 0.6 is 0 Å². The minimum absolute atomic E-state index is 0. The van der Waals surface area contributed by atoms with Crippen LogP contribution in [0.3, 0.4) is 0 Å². The minimum Gasteiger partial charge on any atom is -0.304 e. The number of hydrogen-bond donors (Lipinski definition) is 0. The number of amides is 1. The molecule has 1 atom stereocenters. The molecule has 1 aliphatic rings. The predicted molar refractivity (Wildman–Crippen MR) is 63.7 cm³/mol. The van der Waals surface area contributed by atoms with Crippen molar-refractivity contribution in [3.8, 4) is 0 Å². The van der Waals surface area contributed by atoms with Crippen molar-refractivity contribution < 1.29 is 14.4 Å². The van der Waals surface area contributed by atoms with Crippen LogP contribution in [0.15, 0.2) is 30.3 Å². The molecule has 0 saturated carbocycles. The van der Waals surface area contributed by atoms with Gasteiger partial charge in [-0.05, 0) is 19.1 Å². The molecule has 17 heavy (non-hydrogen) atoms. The number of carbonyl (C=O) groups is 3. The maximum absolute atomic E-state index is 11.8. The smallest absolute Gasteiger partial charge is 0.245 e.